The molecule has 0 aliphatic heterocycles. The van der Waals surface area contributed by atoms with Gasteiger partial charge >= 0.3 is 0 Å². The lowest BCUT2D eigenvalue weighted by Gasteiger charge is -2.38. The minimum Gasteiger partial charge on any atom is -0.337 e. The van der Waals surface area contributed by atoms with Crippen molar-refractivity contribution in [2.45, 2.75) is 68.8 Å². The van der Waals surface area contributed by atoms with E-state index in [1.54, 1.807) is 24.4 Å². The molecule has 0 unspecified atom stereocenters. The Morgan fingerprint density at radius 3 is 2.57 bits per heavy atom. The van der Waals surface area contributed by atoms with Gasteiger partial charge in [-0.2, -0.15) is 0 Å². The van der Waals surface area contributed by atoms with Crippen LogP contribution >= 0.6 is 0 Å². The summed E-state index contributed by atoms with van der Waals surface area (Å²) < 4.78 is 31.9. The summed E-state index contributed by atoms with van der Waals surface area (Å²) in [7, 11) is -1.81. The van der Waals surface area contributed by atoms with E-state index < -0.39 is 16.1 Å². The summed E-state index contributed by atoms with van der Waals surface area (Å²) in [4.78, 5) is 20.7. The number of anilines is 1. The molecular weight excluding hydrogens is 544 g/mol. The van der Waals surface area contributed by atoms with Crippen molar-refractivity contribution in [2.24, 2.45) is 13.0 Å². The lowest BCUT2D eigenvalue weighted by atomic mass is 9.71. The highest BCUT2D eigenvalue weighted by Gasteiger charge is 2.46. The van der Waals surface area contributed by atoms with Gasteiger partial charge in [0.25, 0.3) is 0 Å². The monoisotopic (exact) mass is 582 g/mol. The van der Waals surface area contributed by atoms with Gasteiger partial charge < -0.3 is 9.47 Å². The number of hydrogen-bond acceptors (Lipinski definition) is 4. The van der Waals surface area contributed by atoms with Crippen LogP contribution in [0.2, 0.25) is 0 Å². The molecule has 0 spiro atoms. The number of hydrogen-bond donors (Lipinski definition) is 1. The van der Waals surface area contributed by atoms with E-state index in [0.717, 1.165) is 41.0 Å². The number of aromatic nitrogens is 2. The SMILES string of the molecule is Cc1cccc(S(=O)(=O)N[C@@H]2CCC(C)(C)c3ccc(N(Cc4nccn4C)C(=O)[C@@H]4C[C@H]4c4ccccc4)cc32)c1. The van der Waals surface area contributed by atoms with Gasteiger partial charge in [0.05, 0.1) is 11.4 Å². The summed E-state index contributed by atoms with van der Waals surface area (Å²) in [5.41, 5.74) is 4.74. The molecule has 1 heterocycles. The lowest BCUT2D eigenvalue weighted by molar-refractivity contribution is -0.120. The van der Waals surface area contributed by atoms with Gasteiger partial charge in [-0.1, -0.05) is 62.4 Å². The molecule has 0 bridgehead atoms. The van der Waals surface area contributed by atoms with E-state index in [-0.39, 0.29) is 28.1 Å². The van der Waals surface area contributed by atoms with E-state index in [4.69, 9.17) is 0 Å². The number of aryl methyl sites for hydroxylation is 2. The third-order valence-electron chi connectivity index (χ3n) is 8.93. The molecule has 1 N–H and O–H groups in total. The van der Waals surface area contributed by atoms with Crippen molar-refractivity contribution in [3.63, 3.8) is 0 Å². The molecule has 3 aromatic carbocycles. The summed E-state index contributed by atoms with van der Waals surface area (Å²) in [6.45, 7) is 6.62. The van der Waals surface area contributed by atoms with Crippen molar-refractivity contribution >= 4 is 21.6 Å². The van der Waals surface area contributed by atoms with Crippen LogP contribution in [0, 0.1) is 12.8 Å². The Labute approximate surface area is 248 Å². The second-order valence-corrected chi connectivity index (χ2v) is 14.1. The Kier molecular flexibility index (Phi) is 7.31. The fraction of sp³-hybridized carbons (Fsp3) is 0.353. The van der Waals surface area contributed by atoms with Crippen LogP contribution in [0.3, 0.4) is 0 Å². The molecule has 2 aliphatic rings. The molecule has 42 heavy (non-hydrogen) atoms. The van der Waals surface area contributed by atoms with Gasteiger partial charge in [-0.25, -0.2) is 18.1 Å². The molecule has 4 aromatic rings. The summed E-state index contributed by atoms with van der Waals surface area (Å²) in [5.74, 6) is 0.956. The average Bonchev–Trinajstić information content (AvgIpc) is 3.68. The molecule has 0 radical (unpaired) electrons. The molecule has 0 saturated heterocycles. The number of amides is 1. The van der Waals surface area contributed by atoms with Crippen molar-refractivity contribution in [3.8, 4) is 0 Å². The lowest BCUT2D eigenvalue weighted by Crippen LogP contribution is -2.37. The van der Waals surface area contributed by atoms with Gasteiger partial charge in [0, 0.05) is 37.1 Å². The van der Waals surface area contributed by atoms with Crippen molar-refractivity contribution in [1.82, 2.24) is 14.3 Å². The van der Waals surface area contributed by atoms with E-state index >= 15 is 0 Å². The zero-order valence-electron chi connectivity index (χ0n) is 24.6. The molecule has 218 valence electrons. The van der Waals surface area contributed by atoms with Crippen LogP contribution in [0.15, 0.2) is 90.1 Å². The van der Waals surface area contributed by atoms with Gasteiger partial charge in [-0.15, -0.1) is 0 Å². The number of fused-ring (bicyclic) bond motifs is 1. The molecule has 1 fully saturated rings. The number of imidazole rings is 1. The van der Waals surface area contributed by atoms with Crippen LogP contribution in [0.25, 0.3) is 0 Å². The number of nitrogens with one attached hydrogen (secondary N) is 1. The molecule has 6 rings (SSSR count). The summed E-state index contributed by atoms with van der Waals surface area (Å²) in [5, 5.41) is 0. The number of carbonyl (C=O) groups is 1. The minimum absolute atomic E-state index is 0.0683. The number of carbonyl (C=O) groups excluding carboxylic acids is 1. The topological polar surface area (TPSA) is 84.3 Å². The normalized spacial score (nSPS) is 21.0. The highest BCUT2D eigenvalue weighted by atomic mass is 32.2. The first-order valence-electron chi connectivity index (χ1n) is 14.6. The summed E-state index contributed by atoms with van der Waals surface area (Å²) in [6, 6.07) is 22.9. The van der Waals surface area contributed by atoms with Crippen molar-refractivity contribution in [3.05, 3.63) is 113 Å². The Morgan fingerprint density at radius 1 is 1.07 bits per heavy atom. The maximum absolute atomic E-state index is 14.1. The molecule has 2 aliphatic carbocycles. The zero-order chi connectivity index (χ0) is 29.6. The third-order valence-corrected chi connectivity index (χ3v) is 10.4. The van der Waals surface area contributed by atoms with Gasteiger partial charge in [-0.05, 0) is 84.0 Å². The number of rotatable bonds is 8. The number of benzene rings is 3. The molecule has 3 atom stereocenters. The van der Waals surface area contributed by atoms with E-state index in [9.17, 15) is 13.2 Å². The molecule has 1 amide bonds. The highest BCUT2D eigenvalue weighted by molar-refractivity contribution is 7.89. The zero-order valence-corrected chi connectivity index (χ0v) is 25.4. The maximum Gasteiger partial charge on any atom is 0.241 e. The number of sulfonamides is 1. The molecular formula is C34H38N4O3S. The van der Waals surface area contributed by atoms with Crippen LogP contribution in [0.4, 0.5) is 5.69 Å². The Balaban J connectivity index is 1.36. The van der Waals surface area contributed by atoms with Gasteiger partial charge in [-0.3, -0.25) is 4.79 Å². The fourth-order valence-electron chi connectivity index (χ4n) is 6.30. The summed E-state index contributed by atoms with van der Waals surface area (Å²) in [6.07, 6.45) is 5.95. The molecule has 8 heteroatoms. The third kappa shape index (κ3) is 5.53. The second-order valence-electron chi connectivity index (χ2n) is 12.4. The quantitative estimate of drug-likeness (QED) is 0.270. The first kappa shape index (κ1) is 28.4. The maximum atomic E-state index is 14.1. The van der Waals surface area contributed by atoms with Crippen molar-refractivity contribution in [1.29, 1.82) is 0 Å². The van der Waals surface area contributed by atoms with Crippen LogP contribution in [0.5, 0.6) is 0 Å². The highest BCUT2D eigenvalue weighted by Crippen LogP contribution is 2.49. The van der Waals surface area contributed by atoms with Gasteiger partial charge in [0.1, 0.15) is 5.82 Å². The van der Waals surface area contributed by atoms with E-state index in [2.05, 4.69) is 41.8 Å². The van der Waals surface area contributed by atoms with E-state index in [1.807, 2.05) is 66.0 Å². The minimum atomic E-state index is -3.74. The van der Waals surface area contributed by atoms with Crippen LogP contribution in [-0.2, 0) is 33.8 Å². The molecule has 7 nitrogen and oxygen atoms in total. The van der Waals surface area contributed by atoms with Gasteiger partial charge in [0.15, 0.2) is 0 Å². The smallest absolute Gasteiger partial charge is 0.241 e. The second kappa shape index (κ2) is 10.8. The average molecular weight is 583 g/mol. The Hall–Kier alpha value is -3.75. The Morgan fingerprint density at radius 2 is 1.86 bits per heavy atom. The predicted octanol–water partition coefficient (Wildman–Crippen LogP) is 6.16. The molecule has 1 aromatic heterocycles. The van der Waals surface area contributed by atoms with Crippen LogP contribution < -0.4 is 9.62 Å². The first-order chi connectivity index (χ1) is 20.0. The predicted molar refractivity (Wildman–Crippen MR) is 165 cm³/mol. The summed E-state index contributed by atoms with van der Waals surface area (Å²) >= 11 is 0. The van der Waals surface area contributed by atoms with Crippen LogP contribution in [0.1, 0.15) is 73.1 Å². The molecule has 1 saturated carbocycles. The largest absolute Gasteiger partial charge is 0.337 e. The van der Waals surface area contributed by atoms with Crippen molar-refractivity contribution in [2.75, 3.05) is 4.90 Å². The first-order valence-corrected chi connectivity index (χ1v) is 16.1. The number of nitrogens with zero attached hydrogens (tertiary/aromatic N) is 3. The van der Waals surface area contributed by atoms with E-state index in [1.165, 1.54) is 5.56 Å². The van der Waals surface area contributed by atoms with Gasteiger partial charge in [0.2, 0.25) is 15.9 Å². The van der Waals surface area contributed by atoms with Crippen LogP contribution in [-0.4, -0.2) is 23.9 Å². The fourth-order valence-corrected chi connectivity index (χ4v) is 7.66. The van der Waals surface area contributed by atoms with E-state index in [0.29, 0.717) is 13.0 Å². The Bertz CT molecular complexity index is 1730. The van der Waals surface area contributed by atoms with Crippen molar-refractivity contribution < 1.29 is 13.2 Å². The standard InChI is InChI=1S/C34H38N4O3S/c1-23-9-8-12-26(19-23)42(40,41)36-31-15-16-34(2,3)30-14-13-25(20-29(30)31)38(22-32-35-17-18-37(32)4)33(39)28-21-27(28)24-10-6-5-7-11-24/h5-14,17-20,27-28,31,36H,15-16,21-22H2,1-4H3/t27-,28+,31+/m0/s1.